The van der Waals surface area contributed by atoms with Crippen LogP contribution in [0, 0.1) is 0 Å². The van der Waals surface area contributed by atoms with Gasteiger partial charge in [-0.2, -0.15) is 0 Å². The summed E-state index contributed by atoms with van der Waals surface area (Å²) in [4.78, 5) is 0. The van der Waals surface area contributed by atoms with Gasteiger partial charge in [-0.25, -0.2) is 0 Å². The van der Waals surface area contributed by atoms with Crippen LogP contribution < -0.4 is 4.74 Å². The summed E-state index contributed by atoms with van der Waals surface area (Å²) in [5.74, 6) is 0.808. The highest BCUT2D eigenvalue weighted by Gasteiger charge is 2.27. The van der Waals surface area contributed by atoms with Crippen molar-refractivity contribution >= 4 is 0 Å². The Bertz CT molecular complexity index is 563. The molecular weight excluding hydrogens is 260 g/mol. The summed E-state index contributed by atoms with van der Waals surface area (Å²) >= 11 is 0. The van der Waals surface area contributed by atoms with Crippen LogP contribution in [-0.2, 0) is 12.0 Å². The minimum absolute atomic E-state index is 0.129. The first kappa shape index (κ1) is 15.6. The van der Waals surface area contributed by atoms with Crippen molar-refractivity contribution in [3.8, 4) is 5.75 Å². The number of hydrogen-bond donors (Lipinski definition) is 1. The zero-order valence-corrected chi connectivity index (χ0v) is 13.0. The maximum Gasteiger partial charge on any atom is 0.120 e. The number of benzene rings is 2. The van der Waals surface area contributed by atoms with Gasteiger partial charge >= 0.3 is 0 Å². The minimum Gasteiger partial charge on any atom is -0.491 e. The molecule has 0 saturated heterocycles. The summed E-state index contributed by atoms with van der Waals surface area (Å²) in [6.07, 6.45) is 1.40. The molecule has 1 N–H and O–H groups in total. The third kappa shape index (κ3) is 4.08. The minimum atomic E-state index is -0.863. The number of rotatable bonds is 6. The normalized spacial score (nSPS) is 14.0. The second-order valence-corrected chi connectivity index (χ2v) is 5.74. The van der Waals surface area contributed by atoms with Crippen LogP contribution >= 0.6 is 0 Å². The van der Waals surface area contributed by atoms with E-state index in [0.717, 1.165) is 16.9 Å². The molecule has 0 amide bonds. The van der Waals surface area contributed by atoms with Gasteiger partial charge in [-0.3, -0.25) is 0 Å². The van der Waals surface area contributed by atoms with Crippen LogP contribution in [-0.4, -0.2) is 11.2 Å². The molecule has 2 nitrogen and oxygen atoms in total. The lowest BCUT2D eigenvalue weighted by molar-refractivity contribution is 0.0324. The maximum atomic E-state index is 11.0. The van der Waals surface area contributed by atoms with Gasteiger partial charge in [0.1, 0.15) is 5.75 Å². The van der Waals surface area contributed by atoms with E-state index < -0.39 is 5.60 Å². The highest BCUT2D eigenvalue weighted by Crippen LogP contribution is 2.31. The molecule has 0 heterocycles. The molecule has 0 aliphatic rings. The van der Waals surface area contributed by atoms with Crippen molar-refractivity contribution < 1.29 is 9.84 Å². The summed E-state index contributed by atoms with van der Waals surface area (Å²) in [7, 11) is 0. The monoisotopic (exact) mass is 284 g/mol. The van der Waals surface area contributed by atoms with Crippen LogP contribution in [0.2, 0.25) is 0 Å². The molecule has 2 rings (SSSR count). The third-order valence-electron chi connectivity index (χ3n) is 3.67. The van der Waals surface area contributed by atoms with Crippen LogP contribution in [0.25, 0.3) is 0 Å². The van der Waals surface area contributed by atoms with E-state index >= 15 is 0 Å². The van der Waals surface area contributed by atoms with Gasteiger partial charge in [0.05, 0.1) is 11.7 Å². The summed E-state index contributed by atoms with van der Waals surface area (Å²) in [6.45, 7) is 6.02. The highest BCUT2D eigenvalue weighted by molar-refractivity contribution is 5.34. The predicted octanol–water partition coefficient (Wildman–Crippen LogP) is 4.31. The van der Waals surface area contributed by atoms with Crippen molar-refractivity contribution in [2.45, 2.75) is 45.3 Å². The number of ether oxygens (including phenoxy) is 1. The quantitative estimate of drug-likeness (QED) is 0.856. The Kier molecular flexibility index (Phi) is 5.03. The Balaban J connectivity index is 2.27. The zero-order valence-electron chi connectivity index (χ0n) is 13.0. The Morgan fingerprint density at radius 3 is 2.38 bits per heavy atom. The van der Waals surface area contributed by atoms with Crippen molar-refractivity contribution in [3.63, 3.8) is 0 Å². The Hall–Kier alpha value is -1.80. The number of aliphatic hydroxyl groups is 1. The molecule has 0 fully saturated rings. The molecule has 0 saturated carbocycles. The Labute approximate surface area is 127 Å². The Morgan fingerprint density at radius 2 is 1.76 bits per heavy atom. The second kappa shape index (κ2) is 6.77. The van der Waals surface area contributed by atoms with Gasteiger partial charge in [-0.1, -0.05) is 49.4 Å². The molecule has 0 radical (unpaired) electrons. The van der Waals surface area contributed by atoms with Crippen molar-refractivity contribution in [2.24, 2.45) is 0 Å². The molecule has 21 heavy (non-hydrogen) atoms. The van der Waals surface area contributed by atoms with Gasteiger partial charge in [-0.15, -0.1) is 0 Å². The van der Waals surface area contributed by atoms with Crippen molar-refractivity contribution in [1.29, 1.82) is 0 Å². The van der Waals surface area contributed by atoms with Gasteiger partial charge in [0.15, 0.2) is 0 Å². The SMILES string of the molecule is CCC(O)(Cc1ccccc1)c1cccc(OC(C)C)c1. The first-order chi connectivity index (χ1) is 10.0. The van der Waals surface area contributed by atoms with Crippen molar-refractivity contribution in [1.82, 2.24) is 0 Å². The van der Waals surface area contributed by atoms with E-state index in [1.165, 1.54) is 0 Å². The average Bonchev–Trinajstić information content (AvgIpc) is 2.48. The standard InChI is InChI=1S/C19H24O2/c1-4-19(20,14-16-9-6-5-7-10-16)17-11-8-12-18(13-17)21-15(2)3/h5-13,15,20H,4,14H2,1-3H3. The molecular formula is C19H24O2. The number of hydrogen-bond acceptors (Lipinski definition) is 2. The fraction of sp³-hybridized carbons (Fsp3) is 0.368. The zero-order chi connectivity index (χ0) is 15.3. The third-order valence-corrected chi connectivity index (χ3v) is 3.67. The first-order valence-corrected chi connectivity index (χ1v) is 7.57. The molecule has 0 bridgehead atoms. The van der Waals surface area contributed by atoms with E-state index in [4.69, 9.17) is 4.74 Å². The Morgan fingerprint density at radius 1 is 1.05 bits per heavy atom. The molecule has 1 unspecified atom stereocenters. The molecule has 2 heteroatoms. The maximum absolute atomic E-state index is 11.0. The highest BCUT2D eigenvalue weighted by atomic mass is 16.5. The molecule has 2 aromatic rings. The van der Waals surface area contributed by atoms with E-state index in [1.54, 1.807) is 0 Å². The second-order valence-electron chi connectivity index (χ2n) is 5.74. The fourth-order valence-electron chi connectivity index (χ4n) is 2.50. The van der Waals surface area contributed by atoms with Crippen LogP contribution in [0.5, 0.6) is 5.75 Å². The lowest BCUT2D eigenvalue weighted by Crippen LogP contribution is -2.27. The fourth-order valence-corrected chi connectivity index (χ4v) is 2.50. The van der Waals surface area contributed by atoms with E-state index in [0.29, 0.717) is 12.8 Å². The van der Waals surface area contributed by atoms with Crippen LogP contribution in [0.3, 0.4) is 0 Å². The van der Waals surface area contributed by atoms with Crippen LogP contribution in [0.1, 0.15) is 38.3 Å². The van der Waals surface area contributed by atoms with Gasteiger partial charge < -0.3 is 9.84 Å². The van der Waals surface area contributed by atoms with Crippen LogP contribution in [0.15, 0.2) is 54.6 Å². The summed E-state index contributed by atoms with van der Waals surface area (Å²) in [5, 5.41) is 11.0. The van der Waals surface area contributed by atoms with Gasteiger partial charge in [0, 0.05) is 6.42 Å². The topological polar surface area (TPSA) is 29.5 Å². The van der Waals surface area contributed by atoms with E-state index in [-0.39, 0.29) is 6.10 Å². The van der Waals surface area contributed by atoms with E-state index in [1.807, 2.05) is 63.2 Å². The van der Waals surface area contributed by atoms with Crippen molar-refractivity contribution in [3.05, 3.63) is 65.7 Å². The molecule has 0 aliphatic heterocycles. The molecule has 112 valence electrons. The van der Waals surface area contributed by atoms with Gasteiger partial charge in [0.25, 0.3) is 0 Å². The lowest BCUT2D eigenvalue weighted by atomic mass is 9.85. The van der Waals surface area contributed by atoms with Crippen molar-refractivity contribution in [2.75, 3.05) is 0 Å². The van der Waals surface area contributed by atoms with Gasteiger partial charge in [-0.05, 0) is 43.5 Å². The molecule has 2 aromatic carbocycles. The smallest absolute Gasteiger partial charge is 0.120 e. The molecule has 0 spiro atoms. The van der Waals surface area contributed by atoms with E-state index in [9.17, 15) is 5.11 Å². The molecule has 0 aromatic heterocycles. The first-order valence-electron chi connectivity index (χ1n) is 7.57. The van der Waals surface area contributed by atoms with Gasteiger partial charge in [0.2, 0.25) is 0 Å². The summed E-state index contributed by atoms with van der Waals surface area (Å²) < 4.78 is 5.73. The molecule has 1 atom stereocenters. The average molecular weight is 284 g/mol. The summed E-state index contributed by atoms with van der Waals surface area (Å²) in [6, 6.07) is 17.9. The molecule has 0 aliphatic carbocycles. The largest absolute Gasteiger partial charge is 0.491 e. The predicted molar refractivity (Wildman–Crippen MR) is 86.5 cm³/mol. The van der Waals surface area contributed by atoms with Crippen LogP contribution in [0.4, 0.5) is 0 Å². The lowest BCUT2D eigenvalue weighted by Gasteiger charge is -2.28. The van der Waals surface area contributed by atoms with E-state index in [2.05, 4.69) is 12.1 Å². The summed E-state index contributed by atoms with van der Waals surface area (Å²) in [5.41, 5.74) is 1.18.